The summed E-state index contributed by atoms with van der Waals surface area (Å²) in [4.78, 5) is 27.0. The summed E-state index contributed by atoms with van der Waals surface area (Å²) in [6.45, 7) is 4.48. The molecule has 2 amide bonds. The van der Waals surface area contributed by atoms with E-state index in [0.717, 1.165) is 28.7 Å². The number of anilines is 1. The van der Waals surface area contributed by atoms with E-state index >= 15 is 0 Å². The highest BCUT2D eigenvalue weighted by Crippen LogP contribution is 2.33. The fourth-order valence-corrected chi connectivity index (χ4v) is 7.67. The molecule has 11 heteroatoms. The van der Waals surface area contributed by atoms with Crippen molar-refractivity contribution in [2.24, 2.45) is 5.92 Å². The quantitative estimate of drug-likeness (QED) is 0.206. The number of aliphatic hydroxyl groups is 1. The number of nitrogens with two attached hydrogens (primary N) is 1. The molecule has 0 aromatic heterocycles. The number of carbonyl (C=O) groups excluding carboxylic acids is 2. The molecule has 0 spiro atoms. The molecule has 2 aliphatic rings. The van der Waals surface area contributed by atoms with Crippen LogP contribution in [-0.4, -0.2) is 70.9 Å². The number of benzene rings is 3. The lowest BCUT2D eigenvalue weighted by Crippen LogP contribution is -2.50. The van der Waals surface area contributed by atoms with Gasteiger partial charge in [0.2, 0.25) is 5.91 Å². The number of hydrogen-bond acceptors (Lipinski definition) is 8. The number of aliphatic hydroxyl groups excluding tert-OH is 1. The number of nitrogens with one attached hydrogen (secondary N) is 2. The van der Waals surface area contributed by atoms with Crippen LogP contribution in [0.4, 0.5) is 10.5 Å². The van der Waals surface area contributed by atoms with Crippen molar-refractivity contribution >= 4 is 28.5 Å². The minimum Gasteiger partial charge on any atom is -0.443 e. The molecule has 5 N–H and O–H groups in total. The lowest BCUT2D eigenvalue weighted by molar-refractivity contribution is -0.119. The molecule has 246 valence electrons. The van der Waals surface area contributed by atoms with Crippen LogP contribution in [0.25, 0.3) is 0 Å². The molecule has 3 aromatic carbocycles. The third-order valence-corrected chi connectivity index (χ3v) is 10.1. The zero-order valence-electron chi connectivity index (χ0n) is 26.2. The maximum Gasteiger partial charge on any atom is 0.407 e. The largest absolute Gasteiger partial charge is 0.443 e. The maximum atomic E-state index is 13.3. The smallest absolute Gasteiger partial charge is 0.407 e. The van der Waals surface area contributed by atoms with E-state index in [1.165, 1.54) is 0 Å². The van der Waals surface area contributed by atoms with Crippen LogP contribution in [0.2, 0.25) is 0 Å². The van der Waals surface area contributed by atoms with Gasteiger partial charge in [-0.2, -0.15) is 0 Å². The fraction of sp³-hybridized carbons (Fsp3) is 0.429. The van der Waals surface area contributed by atoms with Gasteiger partial charge in [-0.1, -0.05) is 60.7 Å². The van der Waals surface area contributed by atoms with E-state index in [4.69, 9.17) is 19.9 Å². The van der Waals surface area contributed by atoms with Crippen molar-refractivity contribution in [1.29, 1.82) is 0 Å². The highest BCUT2D eigenvalue weighted by molar-refractivity contribution is 7.85. The van der Waals surface area contributed by atoms with Gasteiger partial charge in [-0.3, -0.25) is 9.00 Å². The van der Waals surface area contributed by atoms with Crippen molar-refractivity contribution in [3.8, 4) is 0 Å². The Hall–Kier alpha value is -3.77. The van der Waals surface area contributed by atoms with Crippen LogP contribution in [0.5, 0.6) is 0 Å². The summed E-state index contributed by atoms with van der Waals surface area (Å²) in [6, 6.07) is 21.5. The Morgan fingerprint density at radius 2 is 1.61 bits per heavy atom. The van der Waals surface area contributed by atoms with Gasteiger partial charge in [0.25, 0.3) is 0 Å². The van der Waals surface area contributed by atoms with Crippen LogP contribution in [0, 0.1) is 19.8 Å². The molecule has 2 saturated heterocycles. The Balaban J connectivity index is 1.29. The van der Waals surface area contributed by atoms with Crippen molar-refractivity contribution in [2.75, 3.05) is 24.7 Å². The zero-order valence-corrected chi connectivity index (χ0v) is 27.0. The van der Waals surface area contributed by atoms with E-state index in [-0.39, 0.29) is 31.0 Å². The van der Waals surface area contributed by atoms with E-state index < -0.39 is 47.1 Å². The average Bonchev–Trinajstić information content (AvgIpc) is 3.62. The van der Waals surface area contributed by atoms with E-state index in [0.29, 0.717) is 30.0 Å². The van der Waals surface area contributed by atoms with Crippen LogP contribution < -0.4 is 16.4 Å². The normalized spacial score (nSPS) is 21.5. The van der Waals surface area contributed by atoms with E-state index in [1.807, 2.05) is 74.5 Å². The molecule has 2 heterocycles. The first-order chi connectivity index (χ1) is 22.2. The highest BCUT2D eigenvalue weighted by Gasteiger charge is 2.44. The van der Waals surface area contributed by atoms with Gasteiger partial charge in [0.1, 0.15) is 11.9 Å². The van der Waals surface area contributed by atoms with Gasteiger partial charge in [-0.15, -0.1) is 0 Å². The number of carbonyl (C=O) groups is 2. The van der Waals surface area contributed by atoms with Crippen LogP contribution in [0.3, 0.4) is 0 Å². The molecule has 2 fully saturated rings. The fourth-order valence-electron chi connectivity index (χ4n) is 6.37. The lowest BCUT2D eigenvalue weighted by Gasteiger charge is -2.29. The maximum absolute atomic E-state index is 13.3. The summed E-state index contributed by atoms with van der Waals surface area (Å²) in [5.74, 6) is -0.649. The number of hydrogen-bond donors (Lipinski definition) is 4. The van der Waals surface area contributed by atoms with Crippen LogP contribution in [-0.2, 0) is 42.6 Å². The standard InChI is InChI=1S/C35H43N3O7S/c1-22-15-26(36)16-23(2)33(22)46(42)21-32(40)37-27(17-24-9-5-3-6-10-24)19-30(39)29(18-25-11-7-4-8-12-25)38-35(41)45-31-20-44-34-28(31)13-14-43-34/h3-12,15-16,27-31,34,39H,13-14,17-21,36H2,1-2H3,(H,37,40)(H,38,41)/t27-,28?,29-,30-,31-,34?,46?/m0/s1. The van der Waals surface area contributed by atoms with E-state index in [1.54, 1.807) is 12.1 Å². The van der Waals surface area contributed by atoms with Gasteiger partial charge in [0.15, 0.2) is 6.29 Å². The Bertz CT molecular complexity index is 1480. The summed E-state index contributed by atoms with van der Waals surface area (Å²) in [5.41, 5.74) is 9.93. The topological polar surface area (TPSA) is 149 Å². The number of fused-ring (bicyclic) bond motifs is 1. The summed E-state index contributed by atoms with van der Waals surface area (Å²) in [7, 11) is -1.59. The molecule has 3 unspecified atom stereocenters. The van der Waals surface area contributed by atoms with Gasteiger partial charge in [-0.25, -0.2) is 4.79 Å². The second-order valence-corrected chi connectivity index (χ2v) is 13.5. The minimum atomic E-state index is -1.59. The summed E-state index contributed by atoms with van der Waals surface area (Å²) in [5, 5.41) is 17.5. The van der Waals surface area contributed by atoms with Gasteiger partial charge in [0, 0.05) is 16.6 Å². The summed E-state index contributed by atoms with van der Waals surface area (Å²) >= 11 is 0. The molecule has 0 radical (unpaired) electrons. The van der Waals surface area contributed by atoms with Gasteiger partial charge < -0.3 is 35.7 Å². The first-order valence-electron chi connectivity index (χ1n) is 15.7. The SMILES string of the molecule is Cc1cc(N)cc(C)c1S(=O)CC(=O)N[C@@H](Cc1ccccc1)C[C@H](O)[C@H](Cc1ccccc1)NC(=O)O[C@H]1COC2OCCC21. The molecule has 3 aromatic rings. The second kappa shape index (κ2) is 15.7. The number of alkyl carbamates (subject to hydrolysis) is 1. The molecule has 0 saturated carbocycles. The second-order valence-electron chi connectivity index (χ2n) is 12.1. The van der Waals surface area contributed by atoms with Crippen LogP contribution in [0.15, 0.2) is 77.7 Å². The predicted octanol–water partition coefficient (Wildman–Crippen LogP) is 3.57. The number of nitrogen functional groups attached to an aromatic ring is 1. The van der Waals surface area contributed by atoms with E-state index in [9.17, 15) is 18.9 Å². The minimum absolute atomic E-state index is 0.0138. The highest BCUT2D eigenvalue weighted by atomic mass is 32.2. The van der Waals surface area contributed by atoms with Crippen LogP contribution >= 0.6 is 0 Å². The Labute approximate surface area is 272 Å². The van der Waals surface area contributed by atoms with Gasteiger partial charge in [-0.05, 0) is 73.9 Å². The summed E-state index contributed by atoms with van der Waals surface area (Å²) in [6.07, 6.45) is -0.807. The molecule has 2 aliphatic heterocycles. The Morgan fingerprint density at radius 1 is 0.978 bits per heavy atom. The lowest BCUT2D eigenvalue weighted by atomic mass is 9.93. The monoisotopic (exact) mass is 649 g/mol. The third-order valence-electron chi connectivity index (χ3n) is 8.50. The van der Waals surface area contributed by atoms with Crippen molar-refractivity contribution in [3.05, 3.63) is 95.1 Å². The number of aryl methyl sites for hydroxylation is 2. The predicted molar refractivity (Wildman–Crippen MR) is 175 cm³/mol. The van der Waals surface area contributed by atoms with Gasteiger partial charge in [0.05, 0.1) is 42.1 Å². The molecule has 0 aliphatic carbocycles. The Kier molecular flexibility index (Phi) is 11.5. The molecule has 0 bridgehead atoms. The first-order valence-corrected chi connectivity index (χ1v) is 17.0. The molecular formula is C35H43N3O7S. The van der Waals surface area contributed by atoms with Crippen molar-refractivity contribution < 1.29 is 33.1 Å². The molecular weight excluding hydrogens is 606 g/mol. The van der Waals surface area contributed by atoms with Crippen molar-refractivity contribution in [3.63, 3.8) is 0 Å². The van der Waals surface area contributed by atoms with Crippen LogP contribution in [0.1, 0.15) is 35.1 Å². The number of rotatable bonds is 13. The van der Waals surface area contributed by atoms with Crippen molar-refractivity contribution in [1.82, 2.24) is 10.6 Å². The number of ether oxygens (including phenoxy) is 3. The molecule has 5 rings (SSSR count). The molecule has 10 nitrogen and oxygen atoms in total. The Morgan fingerprint density at radius 3 is 2.26 bits per heavy atom. The van der Waals surface area contributed by atoms with E-state index in [2.05, 4.69) is 10.6 Å². The number of amides is 2. The summed E-state index contributed by atoms with van der Waals surface area (Å²) < 4.78 is 30.2. The van der Waals surface area contributed by atoms with Gasteiger partial charge >= 0.3 is 6.09 Å². The molecule has 7 atom stereocenters. The zero-order chi connectivity index (χ0) is 32.6. The van der Waals surface area contributed by atoms with Crippen molar-refractivity contribution in [2.45, 2.75) is 75.0 Å². The molecule has 46 heavy (non-hydrogen) atoms. The average molecular weight is 650 g/mol. The third kappa shape index (κ3) is 8.94. The first kappa shape index (κ1) is 33.6.